The fourth-order valence-corrected chi connectivity index (χ4v) is 1.40. The lowest BCUT2D eigenvalue weighted by Gasteiger charge is -2.20. The van der Waals surface area contributed by atoms with Crippen LogP contribution >= 0.6 is 11.8 Å². The van der Waals surface area contributed by atoms with E-state index in [2.05, 4.69) is 11.9 Å². The molecule has 1 N–H and O–H groups in total. The van der Waals surface area contributed by atoms with E-state index in [0.29, 0.717) is 0 Å². The van der Waals surface area contributed by atoms with Gasteiger partial charge in [-0.2, -0.15) is 0 Å². The van der Waals surface area contributed by atoms with Gasteiger partial charge >= 0.3 is 0 Å². The molecule has 0 heterocycles. The van der Waals surface area contributed by atoms with E-state index in [0.717, 1.165) is 5.75 Å². The molecule has 0 rings (SSSR count). The fourth-order valence-electron chi connectivity index (χ4n) is 0.634. The molecule has 0 radical (unpaired) electrons. The molecule has 0 atom stereocenters. The second-order valence-corrected chi connectivity index (χ2v) is 4.33. The second-order valence-electron chi connectivity index (χ2n) is 2.69. The molecule has 0 aliphatic carbocycles. The zero-order valence-corrected chi connectivity index (χ0v) is 8.12. The SMILES string of the molecule is C=CCSC(C)(C)C(=O)NC. The van der Waals surface area contributed by atoms with Gasteiger partial charge in [0.25, 0.3) is 0 Å². The Hall–Kier alpha value is -0.440. The maximum absolute atomic E-state index is 11.2. The summed E-state index contributed by atoms with van der Waals surface area (Å²) in [4.78, 5) is 11.2. The Kier molecular flexibility index (Phi) is 4.26. The van der Waals surface area contributed by atoms with E-state index in [1.165, 1.54) is 0 Å². The molecule has 0 aliphatic heterocycles. The van der Waals surface area contributed by atoms with Crippen LogP contribution in [0.1, 0.15) is 13.8 Å². The van der Waals surface area contributed by atoms with Crippen molar-refractivity contribution in [2.75, 3.05) is 12.8 Å². The van der Waals surface area contributed by atoms with Gasteiger partial charge in [-0.05, 0) is 13.8 Å². The van der Waals surface area contributed by atoms with Crippen molar-refractivity contribution in [2.45, 2.75) is 18.6 Å². The molecule has 2 nitrogen and oxygen atoms in total. The molecule has 0 spiro atoms. The number of hydrogen-bond donors (Lipinski definition) is 1. The van der Waals surface area contributed by atoms with Crippen molar-refractivity contribution in [1.29, 1.82) is 0 Å². The van der Waals surface area contributed by atoms with Crippen molar-refractivity contribution in [3.8, 4) is 0 Å². The number of carbonyl (C=O) groups is 1. The summed E-state index contributed by atoms with van der Waals surface area (Å²) < 4.78 is -0.344. The Bertz CT molecular complexity index is 154. The Morgan fingerprint density at radius 2 is 2.27 bits per heavy atom. The first-order valence-electron chi connectivity index (χ1n) is 3.51. The summed E-state index contributed by atoms with van der Waals surface area (Å²) in [5, 5.41) is 2.62. The van der Waals surface area contributed by atoms with E-state index in [1.54, 1.807) is 24.9 Å². The van der Waals surface area contributed by atoms with Gasteiger partial charge in [-0.3, -0.25) is 4.79 Å². The van der Waals surface area contributed by atoms with Crippen molar-refractivity contribution < 1.29 is 4.79 Å². The molecule has 0 bridgehead atoms. The summed E-state index contributed by atoms with van der Waals surface area (Å²) in [6.07, 6.45) is 1.80. The van der Waals surface area contributed by atoms with Gasteiger partial charge in [-0.25, -0.2) is 0 Å². The molecule has 0 aromatic carbocycles. The predicted molar refractivity (Wildman–Crippen MR) is 50.8 cm³/mol. The van der Waals surface area contributed by atoms with Crippen molar-refractivity contribution in [3.05, 3.63) is 12.7 Å². The lowest BCUT2D eigenvalue weighted by Crippen LogP contribution is -2.37. The zero-order valence-electron chi connectivity index (χ0n) is 7.31. The maximum atomic E-state index is 11.2. The summed E-state index contributed by atoms with van der Waals surface area (Å²) >= 11 is 1.58. The molecular formula is C8H15NOS. The van der Waals surface area contributed by atoms with Crippen LogP contribution in [0.2, 0.25) is 0 Å². The smallest absolute Gasteiger partial charge is 0.235 e. The molecule has 64 valence electrons. The summed E-state index contributed by atoms with van der Waals surface area (Å²) in [6.45, 7) is 7.40. The first-order chi connectivity index (χ1) is 5.04. The molecule has 3 heteroatoms. The highest BCUT2D eigenvalue weighted by Crippen LogP contribution is 2.23. The van der Waals surface area contributed by atoms with E-state index >= 15 is 0 Å². The molecule has 0 aromatic rings. The Morgan fingerprint density at radius 3 is 2.64 bits per heavy atom. The largest absolute Gasteiger partial charge is 0.358 e. The van der Waals surface area contributed by atoms with Crippen LogP contribution in [0.3, 0.4) is 0 Å². The summed E-state index contributed by atoms with van der Waals surface area (Å²) in [5.41, 5.74) is 0. The Labute approximate surface area is 72.4 Å². The van der Waals surface area contributed by atoms with E-state index in [4.69, 9.17) is 0 Å². The first-order valence-corrected chi connectivity index (χ1v) is 4.50. The summed E-state index contributed by atoms with van der Waals surface area (Å²) in [7, 11) is 1.65. The van der Waals surface area contributed by atoms with E-state index in [-0.39, 0.29) is 10.7 Å². The Morgan fingerprint density at radius 1 is 1.73 bits per heavy atom. The highest BCUT2D eigenvalue weighted by atomic mass is 32.2. The average Bonchev–Trinajstić information content (AvgIpc) is 1.99. The van der Waals surface area contributed by atoms with Crippen molar-refractivity contribution in [2.24, 2.45) is 0 Å². The third kappa shape index (κ3) is 3.46. The van der Waals surface area contributed by atoms with Crippen molar-refractivity contribution >= 4 is 17.7 Å². The normalized spacial score (nSPS) is 10.8. The monoisotopic (exact) mass is 173 g/mol. The molecule has 0 saturated heterocycles. The van der Waals surface area contributed by atoms with E-state index in [1.807, 2.05) is 13.8 Å². The lowest BCUT2D eigenvalue weighted by molar-refractivity contribution is -0.122. The van der Waals surface area contributed by atoms with Crippen molar-refractivity contribution in [3.63, 3.8) is 0 Å². The molecule has 0 aromatic heterocycles. The van der Waals surface area contributed by atoms with Gasteiger partial charge in [0.1, 0.15) is 0 Å². The maximum Gasteiger partial charge on any atom is 0.235 e. The zero-order chi connectivity index (χ0) is 8.91. The van der Waals surface area contributed by atoms with Gasteiger partial charge in [0.2, 0.25) is 5.91 Å². The molecule has 0 fully saturated rings. The Balaban J connectivity index is 3.97. The number of nitrogens with one attached hydrogen (secondary N) is 1. The van der Waals surface area contributed by atoms with Gasteiger partial charge in [-0.15, -0.1) is 18.3 Å². The van der Waals surface area contributed by atoms with E-state index < -0.39 is 0 Å². The van der Waals surface area contributed by atoms with Gasteiger partial charge < -0.3 is 5.32 Å². The molecule has 0 aliphatic rings. The van der Waals surface area contributed by atoms with Crippen LogP contribution in [-0.4, -0.2) is 23.5 Å². The van der Waals surface area contributed by atoms with Crippen LogP contribution in [0.4, 0.5) is 0 Å². The third-order valence-corrected chi connectivity index (χ3v) is 2.65. The van der Waals surface area contributed by atoms with Crippen LogP contribution < -0.4 is 5.32 Å². The highest BCUT2D eigenvalue weighted by molar-refractivity contribution is 8.01. The summed E-state index contributed by atoms with van der Waals surface area (Å²) in [6, 6.07) is 0. The molecule has 1 amide bonds. The molecule has 0 unspecified atom stereocenters. The quantitative estimate of drug-likeness (QED) is 0.652. The number of amides is 1. The average molecular weight is 173 g/mol. The molecular weight excluding hydrogens is 158 g/mol. The number of rotatable bonds is 4. The first kappa shape index (κ1) is 10.6. The van der Waals surface area contributed by atoms with Crippen LogP contribution in [0.25, 0.3) is 0 Å². The minimum Gasteiger partial charge on any atom is -0.358 e. The van der Waals surface area contributed by atoms with Crippen LogP contribution in [-0.2, 0) is 4.79 Å². The number of hydrogen-bond acceptors (Lipinski definition) is 2. The minimum absolute atomic E-state index is 0.0596. The molecule has 0 saturated carbocycles. The minimum atomic E-state index is -0.344. The predicted octanol–water partition coefficient (Wildman–Crippen LogP) is 1.43. The number of carbonyl (C=O) groups excluding carboxylic acids is 1. The summed E-state index contributed by atoms with van der Waals surface area (Å²) in [5.74, 6) is 0.866. The van der Waals surface area contributed by atoms with Crippen LogP contribution in [0, 0.1) is 0 Å². The topological polar surface area (TPSA) is 29.1 Å². The standard InChI is InChI=1S/C8H15NOS/c1-5-6-11-8(2,3)7(10)9-4/h5H,1,6H2,2-4H3,(H,9,10). The van der Waals surface area contributed by atoms with Crippen LogP contribution in [0.5, 0.6) is 0 Å². The molecule has 11 heavy (non-hydrogen) atoms. The third-order valence-electron chi connectivity index (χ3n) is 1.34. The van der Waals surface area contributed by atoms with Gasteiger partial charge in [-0.1, -0.05) is 6.08 Å². The van der Waals surface area contributed by atoms with Crippen molar-refractivity contribution in [1.82, 2.24) is 5.32 Å². The van der Waals surface area contributed by atoms with Gasteiger partial charge in [0, 0.05) is 12.8 Å². The number of thioether (sulfide) groups is 1. The van der Waals surface area contributed by atoms with Gasteiger partial charge in [0.05, 0.1) is 4.75 Å². The highest BCUT2D eigenvalue weighted by Gasteiger charge is 2.25. The fraction of sp³-hybridized carbons (Fsp3) is 0.625. The van der Waals surface area contributed by atoms with E-state index in [9.17, 15) is 4.79 Å². The second kappa shape index (κ2) is 4.44. The van der Waals surface area contributed by atoms with Gasteiger partial charge in [0.15, 0.2) is 0 Å². The lowest BCUT2D eigenvalue weighted by atomic mass is 10.2. The van der Waals surface area contributed by atoms with Crippen LogP contribution in [0.15, 0.2) is 12.7 Å².